The fourth-order valence-corrected chi connectivity index (χ4v) is 2.67. The maximum absolute atomic E-state index is 12.9. The largest absolute Gasteiger partial charge is 0.416 e. The second-order valence-electron chi connectivity index (χ2n) is 5.51. The van der Waals surface area contributed by atoms with E-state index >= 15 is 0 Å². The van der Waals surface area contributed by atoms with E-state index in [0.29, 0.717) is 0 Å². The van der Waals surface area contributed by atoms with Crippen LogP contribution in [-0.4, -0.2) is 18.0 Å². The topological polar surface area (TPSA) is 55.1 Å². The van der Waals surface area contributed by atoms with E-state index in [9.17, 15) is 18.0 Å². The molecule has 21 heavy (non-hydrogen) atoms. The third kappa shape index (κ3) is 4.46. The van der Waals surface area contributed by atoms with Crippen LogP contribution in [0.25, 0.3) is 0 Å². The lowest BCUT2D eigenvalue weighted by Crippen LogP contribution is -2.41. The molecule has 0 heterocycles. The fraction of sp³-hybridized carbons (Fsp3) is 0.533. The number of rotatable bonds is 3. The summed E-state index contributed by atoms with van der Waals surface area (Å²) in [6.07, 6.45) is -1.44. The van der Waals surface area contributed by atoms with Gasteiger partial charge in [-0.15, -0.1) is 0 Å². The van der Waals surface area contributed by atoms with Gasteiger partial charge in [-0.25, -0.2) is 0 Å². The molecule has 1 amide bonds. The molecule has 1 fully saturated rings. The lowest BCUT2D eigenvalue weighted by Gasteiger charge is -2.27. The molecule has 0 aliphatic heterocycles. The Kier molecular flexibility index (Phi) is 4.88. The summed E-state index contributed by atoms with van der Waals surface area (Å²) in [4.78, 5) is 11.9. The smallest absolute Gasteiger partial charge is 0.353 e. The highest BCUT2D eigenvalue weighted by Crippen LogP contribution is 2.32. The molecule has 1 aliphatic rings. The average molecular weight is 300 g/mol. The number of carbonyl (C=O) groups excluding carboxylic acids is 1. The van der Waals surface area contributed by atoms with Crippen molar-refractivity contribution in [1.29, 1.82) is 0 Å². The van der Waals surface area contributed by atoms with Gasteiger partial charge in [0.15, 0.2) is 0 Å². The summed E-state index contributed by atoms with van der Waals surface area (Å²) in [5.41, 5.74) is 5.05. The molecule has 3 nitrogen and oxygen atoms in total. The molecule has 116 valence electrons. The van der Waals surface area contributed by atoms with Crippen LogP contribution in [0.3, 0.4) is 0 Å². The zero-order valence-electron chi connectivity index (χ0n) is 11.6. The molecular formula is C15H19F3N2O. The zero-order chi connectivity index (χ0) is 15.5. The molecule has 0 bridgehead atoms. The fourth-order valence-electron chi connectivity index (χ4n) is 2.67. The Labute approximate surface area is 121 Å². The highest BCUT2D eigenvalue weighted by atomic mass is 19.4. The van der Waals surface area contributed by atoms with E-state index in [1.165, 1.54) is 18.2 Å². The molecule has 1 saturated carbocycles. The average Bonchev–Trinajstić information content (AvgIpc) is 2.41. The lowest BCUT2D eigenvalue weighted by atomic mass is 9.91. The first-order valence-corrected chi connectivity index (χ1v) is 7.06. The summed E-state index contributed by atoms with van der Waals surface area (Å²) in [7, 11) is 0. The maximum atomic E-state index is 12.9. The van der Waals surface area contributed by atoms with Crippen molar-refractivity contribution in [3.05, 3.63) is 35.4 Å². The Morgan fingerprint density at radius 1 is 1.19 bits per heavy atom. The van der Waals surface area contributed by atoms with Crippen LogP contribution in [0.2, 0.25) is 0 Å². The van der Waals surface area contributed by atoms with E-state index in [-0.39, 0.29) is 30.0 Å². The van der Waals surface area contributed by atoms with Gasteiger partial charge in [-0.3, -0.25) is 4.79 Å². The minimum Gasteiger partial charge on any atom is -0.353 e. The summed E-state index contributed by atoms with van der Waals surface area (Å²) in [6.45, 7) is 0. The van der Waals surface area contributed by atoms with Gasteiger partial charge in [-0.2, -0.15) is 13.2 Å². The van der Waals surface area contributed by atoms with Crippen molar-refractivity contribution < 1.29 is 18.0 Å². The Balaban J connectivity index is 1.97. The molecule has 6 heteroatoms. The van der Waals surface area contributed by atoms with Crippen LogP contribution in [0.15, 0.2) is 24.3 Å². The molecule has 0 saturated heterocycles. The minimum absolute atomic E-state index is 0.00927. The van der Waals surface area contributed by atoms with Gasteiger partial charge in [-0.05, 0) is 37.3 Å². The maximum Gasteiger partial charge on any atom is 0.416 e. The number of alkyl halides is 3. The first-order valence-electron chi connectivity index (χ1n) is 7.06. The summed E-state index contributed by atoms with van der Waals surface area (Å²) in [6, 6.07) is 5.38. The number of hydrogen-bond acceptors (Lipinski definition) is 2. The summed E-state index contributed by atoms with van der Waals surface area (Å²) >= 11 is 0. The highest BCUT2D eigenvalue weighted by Gasteiger charge is 2.33. The van der Waals surface area contributed by atoms with E-state index in [1.54, 1.807) is 0 Å². The van der Waals surface area contributed by atoms with Crippen molar-refractivity contribution in [3.63, 3.8) is 0 Å². The van der Waals surface area contributed by atoms with Crippen molar-refractivity contribution in [2.24, 2.45) is 5.73 Å². The van der Waals surface area contributed by atoms with Crippen molar-refractivity contribution in [1.82, 2.24) is 5.32 Å². The second-order valence-corrected chi connectivity index (χ2v) is 5.51. The Morgan fingerprint density at radius 2 is 1.81 bits per heavy atom. The van der Waals surface area contributed by atoms with E-state index in [0.717, 1.165) is 31.7 Å². The molecule has 1 aromatic rings. The zero-order valence-corrected chi connectivity index (χ0v) is 11.6. The normalized spacial score (nSPS) is 22.9. The van der Waals surface area contributed by atoms with Crippen LogP contribution in [0.1, 0.15) is 36.8 Å². The number of hydrogen-bond donors (Lipinski definition) is 2. The third-order valence-electron chi connectivity index (χ3n) is 3.81. The van der Waals surface area contributed by atoms with Crippen LogP contribution >= 0.6 is 0 Å². The van der Waals surface area contributed by atoms with Crippen molar-refractivity contribution in [2.45, 2.75) is 50.4 Å². The summed E-state index contributed by atoms with van der Waals surface area (Å²) < 4.78 is 38.6. The predicted molar refractivity (Wildman–Crippen MR) is 73.5 cm³/mol. The van der Waals surface area contributed by atoms with Gasteiger partial charge >= 0.3 is 6.18 Å². The monoisotopic (exact) mass is 300 g/mol. The number of benzene rings is 1. The molecule has 1 aliphatic carbocycles. The van der Waals surface area contributed by atoms with Crippen molar-refractivity contribution in [3.8, 4) is 0 Å². The molecule has 2 rings (SSSR count). The molecule has 1 aromatic carbocycles. The summed E-state index contributed by atoms with van der Waals surface area (Å²) in [5.74, 6) is -0.368. The molecule has 0 aromatic heterocycles. The standard InChI is InChI=1S/C15H19F3N2O/c16-15(17,18)13-4-2-1-3-10(13)9-14(21)20-12-7-5-11(19)6-8-12/h1-4,11-12H,5-9,19H2,(H,20,21). The minimum atomic E-state index is -4.44. The van der Waals surface area contributed by atoms with Gasteiger partial charge in [-0.1, -0.05) is 18.2 Å². The highest BCUT2D eigenvalue weighted by molar-refractivity contribution is 5.79. The van der Waals surface area contributed by atoms with Gasteiger partial charge in [0.1, 0.15) is 0 Å². The first-order chi connectivity index (χ1) is 9.86. The van der Waals surface area contributed by atoms with E-state index in [1.807, 2.05) is 0 Å². The molecule has 0 atom stereocenters. The molecule has 0 radical (unpaired) electrons. The van der Waals surface area contributed by atoms with Crippen molar-refractivity contribution >= 4 is 5.91 Å². The van der Waals surface area contributed by atoms with E-state index in [4.69, 9.17) is 5.73 Å². The van der Waals surface area contributed by atoms with Crippen LogP contribution < -0.4 is 11.1 Å². The van der Waals surface area contributed by atoms with Crippen LogP contribution in [0.4, 0.5) is 13.2 Å². The Hall–Kier alpha value is -1.56. The Morgan fingerprint density at radius 3 is 2.43 bits per heavy atom. The van der Waals surface area contributed by atoms with Gasteiger partial charge in [0, 0.05) is 12.1 Å². The van der Waals surface area contributed by atoms with Crippen LogP contribution in [-0.2, 0) is 17.4 Å². The SMILES string of the molecule is NC1CCC(NC(=O)Cc2ccccc2C(F)(F)F)CC1. The number of carbonyl (C=O) groups is 1. The number of nitrogens with two attached hydrogens (primary N) is 1. The number of halogens is 3. The summed E-state index contributed by atoms with van der Waals surface area (Å²) in [5, 5.41) is 2.80. The molecule has 3 N–H and O–H groups in total. The third-order valence-corrected chi connectivity index (χ3v) is 3.81. The van der Waals surface area contributed by atoms with Gasteiger partial charge in [0.25, 0.3) is 0 Å². The molecule has 0 unspecified atom stereocenters. The van der Waals surface area contributed by atoms with Gasteiger partial charge in [0.2, 0.25) is 5.91 Å². The van der Waals surface area contributed by atoms with Gasteiger partial charge < -0.3 is 11.1 Å². The van der Waals surface area contributed by atoms with Gasteiger partial charge in [0.05, 0.1) is 12.0 Å². The first kappa shape index (κ1) is 15.8. The molecule has 0 spiro atoms. The number of nitrogens with one attached hydrogen (secondary N) is 1. The molecular weight excluding hydrogens is 281 g/mol. The van der Waals surface area contributed by atoms with Crippen LogP contribution in [0.5, 0.6) is 0 Å². The lowest BCUT2D eigenvalue weighted by molar-refractivity contribution is -0.138. The number of amides is 1. The van der Waals surface area contributed by atoms with Crippen LogP contribution in [0, 0.1) is 0 Å². The quantitative estimate of drug-likeness (QED) is 0.901. The van der Waals surface area contributed by atoms with E-state index in [2.05, 4.69) is 5.32 Å². The van der Waals surface area contributed by atoms with E-state index < -0.39 is 11.7 Å². The predicted octanol–water partition coefficient (Wildman–Crippen LogP) is 2.63. The Bertz CT molecular complexity index is 494. The second kappa shape index (κ2) is 6.47. The van der Waals surface area contributed by atoms with Crippen molar-refractivity contribution in [2.75, 3.05) is 0 Å².